The summed E-state index contributed by atoms with van der Waals surface area (Å²) in [5, 5.41) is 12.2. The van der Waals surface area contributed by atoms with Crippen LogP contribution in [-0.4, -0.2) is 87.1 Å². The number of Topliss-reactive ketones (excluding diaryl/α,β-unsaturated/α-hetero) is 1. The van der Waals surface area contributed by atoms with E-state index in [-0.39, 0.29) is 49.1 Å². The molecule has 1 aliphatic heterocycles. The molecule has 14 nitrogen and oxygen atoms in total. The van der Waals surface area contributed by atoms with E-state index in [1.807, 2.05) is 52.0 Å². The van der Waals surface area contributed by atoms with Gasteiger partial charge in [0.05, 0.1) is 17.6 Å². The molecule has 2 aliphatic carbocycles. The topological polar surface area (TPSA) is 185 Å². The van der Waals surface area contributed by atoms with Gasteiger partial charge in [0.15, 0.2) is 5.58 Å². The number of anilines is 1. The van der Waals surface area contributed by atoms with E-state index in [2.05, 4.69) is 31.2 Å². The number of halogens is 1. The number of benzene rings is 1. The molecular formula is C40H52ClN7O7. The fourth-order valence-electron chi connectivity index (χ4n) is 7.42. The molecule has 0 bridgehead atoms. The van der Waals surface area contributed by atoms with Gasteiger partial charge in [0.25, 0.3) is 11.9 Å². The number of carbonyl (C=O) groups is 5. The number of oxazole rings is 1. The summed E-state index contributed by atoms with van der Waals surface area (Å²) in [7, 11) is 0. The summed E-state index contributed by atoms with van der Waals surface area (Å²) in [6, 6.07) is 6.84. The van der Waals surface area contributed by atoms with E-state index >= 15 is 0 Å². The Morgan fingerprint density at radius 2 is 1.75 bits per heavy atom. The maximum absolute atomic E-state index is 14.8. The van der Waals surface area contributed by atoms with E-state index in [1.165, 1.54) is 11.1 Å². The van der Waals surface area contributed by atoms with Crippen LogP contribution in [0.15, 0.2) is 47.0 Å². The summed E-state index contributed by atoms with van der Waals surface area (Å²) in [6.07, 6.45) is 7.95. The van der Waals surface area contributed by atoms with Crippen LogP contribution in [-0.2, 0) is 24.0 Å². The Balaban J connectivity index is 1.25. The van der Waals surface area contributed by atoms with Gasteiger partial charge in [0.2, 0.25) is 29.4 Å². The molecule has 296 valence electrons. The molecule has 55 heavy (non-hydrogen) atoms. The first-order valence-electron chi connectivity index (χ1n) is 19.5. The van der Waals surface area contributed by atoms with Crippen molar-refractivity contribution in [2.24, 2.45) is 11.3 Å². The van der Waals surface area contributed by atoms with Crippen LogP contribution in [0, 0.1) is 11.3 Å². The molecule has 4 N–H and O–H groups in total. The average Bonchev–Trinajstić information content (AvgIpc) is 3.72. The lowest BCUT2D eigenvalue weighted by atomic mass is 9.82. The lowest BCUT2D eigenvalue weighted by Gasteiger charge is -2.37. The van der Waals surface area contributed by atoms with Crippen molar-refractivity contribution in [3.05, 3.63) is 47.6 Å². The molecule has 6 rings (SSSR count). The van der Waals surface area contributed by atoms with Crippen molar-refractivity contribution in [3.63, 3.8) is 0 Å². The van der Waals surface area contributed by atoms with Gasteiger partial charge in [0.1, 0.15) is 29.7 Å². The van der Waals surface area contributed by atoms with Crippen LogP contribution in [0.1, 0.15) is 91.9 Å². The van der Waals surface area contributed by atoms with E-state index in [1.54, 1.807) is 12.1 Å². The third-order valence-electron chi connectivity index (χ3n) is 10.6. The first-order chi connectivity index (χ1) is 26.3. The number of ketones is 1. The Morgan fingerprint density at radius 3 is 2.40 bits per heavy atom. The summed E-state index contributed by atoms with van der Waals surface area (Å²) < 4.78 is 12.1. The number of ether oxygens (including phenoxy) is 1. The second kappa shape index (κ2) is 17.4. The van der Waals surface area contributed by atoms with Crippen molar-refractivity contribution < 1.29 is 33.1 Å². The van der Waals surface area contributed by atoms with Gasteiger partial charge in [-0.1, -0.05) is 77.1 Å². The number of pyridine rings is 1. The molecule has 2 aromatic heterocycles. The van der Waals surface area contributed by atoms with Crippen LogP contribution in [0.5, 0.6) is 5.88 Å². The first kappa shape index (κ1) is 40.0. The van der Waals surface area contributed by atoms with Crippen molar-refractivity contribution in [1.29, 1.82) is 0 Å². The van der Waals surface area contributed by atoms with Gasteiger partial charge >= 0.3 is 0 Å². The van der Waals surface area contributed by atoms with Crippen LogP contribution in [0.3, 0.4) is 0 Å². The number of nitrogens with zero attached hydrogens (tertiary/aromatic N) is 3. The summed E-state index contributed by atoms with van der Waals surface area (Å²) in [5.74, 6) is -2.67. The molecule has 1 unspecified atom stereocenters. The van der Waals surface area contributed by atoms with E-state index in [4.69, 9.17) is 20.8 Å². The lowest BCUT2D eigenvalue weighted by molar-refractivity contribution is -0.145. The second-order valence-electron chi connectivity index (χ2n) is 16.1. The molecule has 0 spiro atoms. The van der Waals surface area contributed by atoms with Crippen molar-refractivity contribution in [1.82, 2.24) is 30.8 Å². The molecular weight excluding hydrogens is 726 g/mol. The molecule has 3 aliphatic rings. The van der Waals surface area contributed by atoms with Crippen LogP contribution < -0.4 is 26.0 Å². The number of rotatable bonds is 15. The number of fused-ring (bicyclic) bond motifs is 1. The highest BCUT2D eigenvalue weighted by Crippen LogP contribution is 2.32. The van der Waals surface area contributed by atoms with E-state index in [9.17, 15) is 24.0 Å². The molecule has 3 fully saturated rings. The van der Waals surface area contributed by atoms with Crippen LogP contribution in [0.4, 0.5) is 6.01 Å². The highest BCUT2D eigenvalue weighted by atomic mass is 35.5. The minimum Gasteiger partial charge on any atom is -0.472 e. The fourth-order valence-corrected chi connectivity index (χ4v) is 7.54. The van der Waals surface area contributed by atoms with Crippen molar-refractivity contribution in [2.75, 3.05) is 11.9 Å². The van der Waals surface area contributed by atoms with Gasteiger partial charge in [-0.25, -0.2) is 4.98 Å². The van der Waals surface area contributed by atoms with E-state index in [0.717, 1.165) is 44.9 Å². The smallest absolute Gasteiger partial charge is 0.296 e. The van der Waals surface area contributed by atoms with Crippen LogP contribution >= 0.6 is 11.6 Å². The fraction of sp³-hybridized carbons (Fsp3) is 0.575. The Bertz CT molecular complexity index is 1820. The maximum Gasteiger partial charge on any atom is 0.296 e. The van der Waals surface area contributed by atoms with Gasteiger partial charge in [-0.2, -0.15) is 4.98 Å². The molecule has 4 amide bonds. The molecule has 5 atom stereocenters. The lowest BCUT2D eigenvalue weighted by Crippen LogP contribution is -2.61. The number of hydrogen-bond donors (Lipinski definition) is 4. The molecule has 2 saturated carbocycles. The molecule has 1 aromatic carbocycles. The number of hydrogen-bond acceptors (Lipinski definition) is 10. The monoisotopic (exact) mass is 777 g/mol. The zero-order valence-corrected chi connectivity index (χ0v) is 32.7. The minimum absolute atomic E-state index is 0.00540. The summed E-state index contributed by atoms with van der Waals surface area (Å²) in [6.45, 7) is 7.42. The Hall–Kier alpha value is -4.72. The van der Waals surface area contributed by atoms with Gasteiger partial charge in [0, 0.05) is 24.7 Å². The Morgan fingerprint density at radius 1 is 1.00 bits per heavy atom. The molecule has 3 heterocycles. The summed E-state index contributed by atoms with van der Waals surface area (Å²) >= 11 is 6.04. The zero-order chi connectivity index (χ0) is 39.3. The summed E-state index contributed by atoms with van der Waals surface area (Å²) in [4.78, 5) is 79.5. The number of carbonyl (C=O) groups excluding carboxylic acids is 5. The van der Waals surface area contributed by atoms with E-state index in [0.29, 0.717) is 22.5 Å². The minimum atomic E-state index is -1.07. The van der Waals surface area contributed by atoms with Gasteiger partial charge in [-0.05, 0) is 61.6 Å². The number of para-hydroxylation sites is 2. The van der Waals surface area contributed by atoms with Crippen molar-refractivity contribution in [3.8, 4) is 5.88 Å². The maximum atomic E-state index is 14.8. The largest absolute Gasteiger partial charge is 0.472 e. The number of nitrogens with one attached hydrogen (secondary N) is 4. The normalized spacial score (nSPS) is 20.6. The quantitative estimate of drug-likeness (QED) is 0.154. The second-order valence-corrected chi connectivity index (χ2v) is 16.5. The Kier molecular flexibility index (Phi) is 12.6. The Labute approximate surface area is 326 Å². The standard InChI is InChI=1S/C40H52ClN7O7/c1-5-11-28(33(49)37(52)43-25-17-18-25)44-35(50)29-20-26(54-31-19-16-24(41)21-42-31)22-48(29)38(53)34(40(2,3)4)47-36(51)32(23-12-7-6-8-13-23)46-39-45-27-14-9-10-15-30(27)55-39/h9-10,14-16,19,21,23,25-26,28-29,32,34H,5-8,11-13,17-18,20,22H2,1-4H3,(H,43,52)(H,44,50)(H,45,46)(H,47,51)/t26-,28?,29+,32-,34-/m0/s1. The SMILES string of the molecule is CCCC(NC(=O)[C@H]1C[C@H](Oc2ccc(Cl)cn2)CN1C(=O)[C@H](NC(=O)[C@@H](Nc1nc2ccccc2o1)C1CCCCC1)C(C)(C)C)C(=O)C(=O)NC1CC1. The number of aromatic nitrogens is 2. The predicted octanol–water partition coefficient (Wildman–Crippen LogP) is 4.95. The predicted molar refractivity (Wildman–Crippen MR) is 206 cm³/mol. The third-order valence-corrected chi connectivity index (χ3v) is 10.8. The number of likely N-dealkylation sites (tertiary alicyclic amines) is 1. The average molecular weight is 778 g/mol. The third kappa shape index (κ3) is 10.1. The molecule has 15 heteroatoms. The van der Waals surface area contributed by atoms with Crippen molar-refractivity contribution >= 4 is 58.1 Å². The zero-order valence-electron chi connectivity index (χ0n) is 31.9. The summed E-state index contributed by atoms with van der Waals surface area (Å²) in [5.41, 5.74) is 0.456. The van der Waals surface area contributed by atoms with Gasteiger partial charge in [-0.15, -0.1) is 0 Å². The van der Waals surface area contributed by atoms with Gasteiger partial charge in [-0.3, -0.25) is 24.0 Å². The van der Waals surface area contributed by atoms with Crippen LogP contribution in [0.2, 0.25) is 5.02 Å². The van der Waals surface area contributed by atoms with Crippen molar-refractivity contribution in [2.45, 2.75) is 128 Å². The van der Waals surface area contributed by atoms with Crippen LogP contribution in [0.25, 0.3) is 11.1 Å². The number of amides is 4. The van der Waals surface area contributed by atoms with Gasteiger partial charge < -0.3 is 35.3 Å². The highest BCUT2D eigenvalue weighted by Gasteiger charge is 2.47. The van der Waals surface area contributed by atoms with E-state index < -0.39 is 59.2 Å². The highest BCUT2D eigenvalue weighted by molar-refractivity contribution is 6.38. The molecule has 3 aromatic rings. The molecule has 0 radical (unpaired) electrons. The molecule has 1 saturated heterocycles. The first-order valence-corrected chi connectivity index (χ1v) is 19.8.